The van der Waals surface area contributed by atoms with E-state index < -0.39 is 0 Å². The van der Waals surface area contributed by atoms with Crippen LogP contribution in [0.25, 0.3) is 0 Å². The molecule has 1 saturated carbocycles. The van der Waals surface area contributed by atoms with E-state index >= 15 is 0 Å². The Morgan fingerprint density at radius 3 is 2.46 bits per heavy atom. The Bertz CT molecular complexity index is 720. The smallest absolute Gasteiger partial charge is 0.166 e. The first kappa shape index (κ1) is 17.3. The van der Waals surface area contributed by atoms with Crippen molar-refractivity contribution in [1.82, 2.24) is 4.90 Å². The molecule has 1 saturated heterocycles. The number of ketones is 1. The lowest BCUT2D eigenvalue weighted by Gasteiger charge is -2.14. The summed E-state index contributed by atoms with van der Waals surface area (Å²) in [5, 5.41) is 0. The first-order valence-electron chi connectivity index (χ1n) is 9.85. The van der Waals surface area contributed by atoms with Crippen LogP contribution in [0.2, 0.25) is 0 Å². The van der Waals surface area contributed by atoms with Gasteiger partial charge in [0.25, 0.3) is 0 Å². The maximum atomic E-state index is 12.7. The monoisotopic (exact) mass is 349 g/mol. The molecule has 1 aliphatic heterocycles. The fourth-order valence-electron chi connectivity index (χ4n) is 3.97. The molecule has 2 unspecified atom stereocenters. The summed E-state index contributed by atoms with van der Waals surface area (Å²) in [6.07, 6.45) is 4.70. The topological polar surface area (TPSA) is 29.5 Å². The van der Waals surface area contributed by atoms with Crippen LogP contribution in [0.15, 0.2) is 54.6 Å². The molecule has 2 fully saturated rings. The largest absolute Gasteiger partial charge is 0.494 e. The van der Waals surface area contributed by atoms with Gasteiger partial charge >= 0.3 is 0 Å². The fourth-order valence-corrected chi connectivity index (χ4v) is 3.97. The SMILES string of the molecule is O=C(c1ccc(OCCCN2CCCC2)cc1)C1CC1c1ccccc1. The number of likely N-dealkylation sites (tertiary alicyclic amines) is 1. The summed E-state index contributed by atoms with van der Waals surface area (Å²) in [5.74, 6) is 1.66. The van der Waals surface area contributed by atoms with E-state index in [4.69, 9.17) is 4.74 Å². The highest BCUT2D eigenvalue weighted by Crippen LogP contribution is 2.49. The highest BCUT2D eigenvalue weighted by Gasteiger charge is 2.43. The lowest BCUT2D eigenvalue weighted by Crippen LogP contribution is -2.21. The molecule has 2 aromatic carbocycles. The highest BCUT2D eigenvalue weighted by atomic mass is 16.5. The summed E-state index contributed by atoms with van der Waals surface area (Å²) in [6.45, 7) is 4.34. The summed E-state index contributed by atoms with van der Waals surface area (Å²) in [4.78, 5) is 15.2. The number of hydrogen-bond acceptors (Lipinski definition) is 3. The van der Waals surface area contributed by atoms with E-state index in [0.29, 0.717) is 5.92 Å². The van der Waals surface area contributed by atoms with E-state index in [-0.39, 0.29) is 11.7 Å². The summed E-state index contributed by atoms with van der Waals surface area (Å²) in [6, 6.07) is 18.1. The first-order valence-corrected chi connectivity index (χ1v) is 9.85. The van der Waals surface area contributed by atoms with Gasteiger partial charge < -0.3 is 9.64 Å². The maximum absolute atomic E-state index is 12.7. The maximum Gasteiger partial charge on any atom is 0.166 e. The van der Waals surface area contributed by atoms with E-state index in [1.165, 1.54) is 31.5 Å². The fraction of sp³-hybridized carbons (Fsp3) is 0.435. The van der Waals surface area contributed by atoms with Crippen LogP contribution < -0.4 is 4.74 Å². The van der Waals surface area contributed by atoms with Gasteiger partial charge in [0.1, 0.15) is 5.75 Å². The average molecular weight is 349 g/mol. The summed E-state index contributed by atoms with van der Waals surface area (Å²) in [7, 11) is 0. The molecule has 0 radical (unpaired) electrons. The third-order valence-electron chi connectivity index (χ3n) is 5.58. The van der Waals surface area contributed by atoms with E-state index in [1.54, 1.807) is 0 Å². The molecule has 4 rings (SSSR count). The Morgan fingerprint density at radius 1 is 1.00 bits per heavy atom. The molecular weight excluding hydrogens is 322 g/mol. The predicted molar refractivity (Wildman–Crippen MR) is 104 cm³/mol. The molecule has 0 bridgehead atoms. The van der Waals surface area contributed by atoms with Gasteiger partial charge in [-0.2, -0.15) is 0 Å². The molecule has 3 nitrogen and oxygen atoms in total. The van der Waals surface area contributed by atoms with Crippen LogP contribution in [0.1, 0.15) is 47.5 Å². The zero-order valence-electron chi connectivity index (χ0n) is 15.3. The van der Waals surface area contributed by atoms with Gasteiger partial charge in [-0.05, 0) is 74.5 Å². The number of rotatable bonds is 8. The number of carbonyl (C=O) groups is 1. The summed E-state index contributed by atoms with van der Waals surface area (Å²) in [5.41, 5.74) is 2.08. The van der Waals surface area contributed by atoms with Gasteiger partial charge in [-0.15, -0.1) is 0 Å². The van der Waals surface area contributed by atoms with Gasteiger partial charge in [0.15, 0.2) is 5.78 Å². The van der Waals surface area contributed by atoms with Gasteiger partial charge in [-0.25, -0.2) is 0 Å². The molecule has 136 valence electrons. The number of carbonyl (C=O) groups excluding carboxylic acids is 1. The van der Waals surface area contributed by atoms with E-state index in [9.17, 15) is 4.79 Å². The minimum Gasteiger partial charge on any atom is -0.494 e. The van der Waals surface area contributed by atoms with Crippen LogP contribution >= 0.6 is 0 Å². The van der Waals surface area contributed by atoms with Crippen LogP contribution in [0, 0.1) is 5.92 Å². The molecule has 2 atom stereocenters. The number of ether oxygens (including phenoxy) is 1. The Morgan fingerprint density at radius 2 is 1.73 bits per heavy atom. The van der Waals surface area contributed by atoms with Crippen LogP contribution in [0.3, 0.4) is 0 Å². The molecule has 1 aliphatic carbocycles. The third kappa shape index (κ3) is 4.16. The molecule has 2 aliphatic rings. The molecule has 2 aromatic rings. The number of hydrogen-bond donors (Lipinski definition) is 0. The predicted octanol–water partition coefficient (Wildman–Crippen LogP) is 4.54. The Hall–Kier alpha value is -2.13. The van der Waals surface area contributed by atoms with Gasteiger partial charge in [0, 0.05) is 18.0 Å². The van der Waals surface area contributed by atoms with Crippen molar-refractivity contribution in [2.75, 3.05) is 26.2 Å². The molecular formula is C23H27NO2. The molecule has 0 N–H and O–H groups in total. The lowest BCUT2D eigenvalue weighted by molar-refractivity contribution is 0.0965. The minimum absolute atomic E-state index is 0.143. The van der Waals surface area contributed by atoms with Crippen molar-refractivity contribution in [2.24, 2.45) is 5.92 Å². The van der Waals surface area contributed by atoms with Crippen LogP contribution in [-0.4, -0.2) is 36.9 Å². The zero-order chi connectivity index (χ0) is 17.8. The van der Waals surface area contributed by atoms with Crippen LogP contribution in [0.4, 0.5) is 0 Å². The molecule has 0 aromatic heterocycles. The number of benzene rings is 2. The van der Waals surface area contributed by atoms with Crippen molar-refractivity contribution in [3.63, 3.8) is 0 Å². The molecule has 0 amide bonds. The minimum atomic E-state index is 0.143. The normalized spacial score (nSPS) is 22.3. The van der Waals surface area contributed by atoms with Crippen LogP contribution in [0.5, 0.6) is 5.75 Å². The van der Waals surface area contributed by atoms with Crippen molar-refractivity contribution in [1.29, 1.82) is 0 Å². The summed E-state index contributed by atoms with van der Waals surface area (Å²) >= 11 is 0. The van der Waals surface area contributed by atoms with Gasteiger partial charge in [-0.3, -0.25) is 4.79 Å². The summed E-state index contributed by atoms with van der Waals surface area (Å²) < 4.78 is 5.83. The lowest BCUT2D eigenvalue weighted by atomic mass is 10.0. The Kier molecular flexibility index (Phi) is 5.35. The van der Waals surface area contributed by atoms with Crippen molar-refractivity contribution in [2.45, 2.75) is 31.6 Å². The molecule has 1 heterocycles. The van der Waals surface area contributed by atoms with Gasteiger partial charge in [0.05, 0.1) is 6.61 Å². The number of nitrogens with zero attached hydrogens (tertiary/aromatic N) is 1. The Labute approximate surface area is 156 Å². The van der Waals surface area contributed by atoms with Crippen molar-refractivity contribution >= 4 is 5.78 Å². The highest BCUT2D eigenvalue weighted by molar-refractivity contribution is 6.00. The van der Waals surface area contributed by atoms with Gasteiger partial charge in [-0.1, -0.05) is 30.3 Å². The quantitative estimate of drug-likeness (QED) is 0.518. The second-order valence-electron chi connectivity index (χ2n) is 7.50. The zero-order valence-corrected chi connectivity index (χ0v) is 15.3. The standard InChI is InChI=1S/C23H27NO2/c25-23(22-17-21(22)18-7-2-1-3-8-18)19-9-11-20(12-10-19)26-16-6-15-24-13-4-5-14-24/h1-3,7-12,21-22H,4-6,13-17H2. The van der Waals surface area contributed by atoms with Gasteiger partial charge in [0.2, 0.25) is 0 Å². The van der Waals surface area contributed by atoms with Crippen molar-refractivity contribution < 1.29 is 9.53 Å². The Balaban J connectivity index is 1.24. The third-order valence-corrected chi connectivity index (χ3v) is 5.58. The first-order chi connectivity index (χ1) is 12.8. The number of Topliss-reactive ketones (excluding diaryl/α,β-unsaturated/α-hetero) is 1. The van der Waals surface area contributed by atoms with Crippen LogP contribution in [-0.2, 0) is 0 Å². The molecule has 3 heteroatoms. The second kappa shape index (κ2) is 8.05. The van der Waals surface area contributed by atoms with Crippen molar-refractivity contribution in [3.8, 4) is 5.75 Å². The molecule has 26 heavy (non-hydrogen) atoms. The average Bonchev–Trinajstić information content (AvgIpc) is 3.33. The second-order valence-corrected chi connectivity index (χ2v) is 7.50. The van der Waals surface area contributed by atoms with Crippen molar-refractivity contribution in [3.05, 3.63) is 65.7 Å². The van der Waals surface area contributed by atoms with E-state index in [1.807, 2.05) is 42.5 Å². The van der Waals surface area contributed by atoms with E-state index in [2.05, 4.69) is 17.0 Å². The molecule has 0 spiro atoms. The van der Waals surface area contributed by atoms with E-state index in [0.717, 1.165) is 37.3 Å².